The third kappa shape index (κ3) is 2.14. The van der Waals surface area contributed by atoms with Crippen molar-refractivity contribution in [3.05, 3.63) is 28.3 Å². The van der Waals surface area contributed by atoms with Gasteiger partial charge in [0.1, 0.15) is 5.75 Å². The molecular formula is C15H23NO3. The number of rotatable bonds is 4. The number of methoxy groups -OCH3 is 1. The van der Waals surface area contributed by atoms with Gasteiger partial charge in [-0.1, -0.05) is 0 Å². The van der Waals surface area contributed by atoms with E-state index in [9.17, 15) is 5.11 Å². The second-order valence-corrected chi connectivity index (χ2v) is 5.55. The standard InChI is InChI=1S/C15H23NO3/c1-9-5-12(18-4)10(2)11(3)13(9)14(16)15(6-17)7-19-8-15/h5,14,17H,6-8,16H2,1-4H3. The van der Waals surface area contributed by atoms with Crippen LogP contribution in [0.4, 0.5) is 0 Å². The molecule has 0 amide bonds. The van der Waals surface area contributed by atoms with Gasteiger partial charge in [-0.05, 0) is 49.1 Å². The summed E-state index contributed by atoms with van der Waals surface area (Å²) in [5, 5.41) is 9.64. The van der Waals surface area contributed by atoms with Gasteiger partial charge in [-0.15, -0.1) is 0 Å². The van der Waals surface area contributed by atoms with Crippen LogP contribution in [0.3, 0.4) is 0 Å². The molecule has 1 unspecified atom stereocenters. The lowest BCUT2D eigenvalue weighted by molar-refractivity contribution is -0.150. The zero-order valence-electron chi connectivity index (χ0n) is 12.1. The van der Waals surface area contributed by atoms with Crippen molar-refractivity contribution >= 4 is 0 Å². The van der Waals surface area contributed by atoms with Crippen molar-refractivity contribution in [3.63, 3.8) is 0 Å². The third-order valence-electron chi connectivity index (χ3n) is 4.39. The van der Waals surface area contributed by atoms with Crippen molar-refractivity contribution in [2.45, 2.75) is 26.8 Å². The topological polar surface area (TPSA) is 64.7 Å². The van der Waals surface area contributed by atoms with E-state index in [2.05, 4.69) is 6.92 Å². The molecule has 1 aliphatic rings. The van der Waals surface area contributed by atoms with Crippen LogP contribution in [0.25, 0.3) is 0 Å². The summed E-state index contributed by atoms with van der Waals surface area (Å²) in [6, 6.07) is 1.80. The van der Waals surface area contributed by atoms with E-state index in [1.165, 1.54) is 0 Å². The van der Waals surface area contributed by atoms with E-state index in [1.807, 2.05) is 19.9 Å². The van der Waals surface area contributed by atoms with Gasteiger partial charge in [-0.2, -0.15) is 0 Å². The molecule has 1 saturated heterocycles. The van der Waals surface area contributed by atoms with Gasteiger partial charge in [-0.3, -0.25) is 0 Å². The molecule has 1 heterocycles. The summed E-state index contributed by atoms with van der Waals surface area (Å²) in [5.74, 6) is 0.883. The van der Waals surface area contributed by atoms with Crippen LogP contribution in [0, 0.1) is 26.2 Å². The van der Waals surface area contributed by atoms with Crippen molar-refractivity contribution in [2.24, 2.45) is 11.1 Å². The normalized spacial score (nSPS) is 18.8. The number of aryl methyl sites for hydroxylation is 1. The summed E-state index contributed by atoms with van der Waals surface area (Å²) in [5.41, 5.74) is 10.5. The highest BCUT2D eigenvalue weighted by Gasteiger charge is 2.45. The van der Waals surface area contributed by atoms with Crippen molar-refractivity contribution in [1.29, 1.82) is 0 Å². The van der Waals surface area contributed by atoms with Crippen LogP contribution in [-0.2, 0) is 4.74 Å². The Morgan fingerprint density at radius 3 is 2.42 bits per heavy atom. The lowest BCUT2D eigenvalue weighted by Gasteiger charge is -2.45. The zero-order chi connectivity index (χ0) is 14.2. The van der Waals surface area contributed by atoms with Gasteiger partial charge in [0.2, 0.25) is 0 Å². The highest BCUT2D eigenvalue weighted by molar-refractivity contribution is 5.50. The second kappa shape index (κ2) is 5.12. The maximum atomic E-state index is 9.64. The molecule has 19 heavy (non-hydrogen) atoms. The Morgan fingerprint density at radius 2 is 2.00 bits per heavy atom. The van der Waals surface area contributed by atoms with Crippen molar-refractivity contribution in [1.82, 2.24) is 0 Å². The molecule has 0 saturated carbocycles. The molecule has 1 aromatic rings. The molecule has 1 fully saturated rings. The minimum absolute atomic E-state index is 0.0537. The molecular weight excluding hydrogens is 242 g/mol. The fourth-order valence-electron chi connectivity index (χ4n) is 2.80. The van der Waals surface area contributed by atoms with Crippen LogP contribution in [-0.4, -0.2) is 32.0 Å². The summed E-state index contributed by atoms with van der Waals surface area (Å²) < 4.78 is 10.6. The second-order valence-electron chi connectivity index (χ2n) is 5.55. The Balaban J connectivity index is 2.48. The van der Waals surface area contributed by atoms with E-state index in [0.29, 0.717) is 13.2 Å². The van der Waals surface area contributed by atoms with Crippen molar-refractivity contribution in [2.75, 3.05) is 26.9 Å². The average Bonchev–Trinajstić information content (AvgIpc) is 2.33. The van der Waals surface area contributed by atoms with E-state index >= 15 is 0 Å². The van der Waals surface area contributed by atoms with Crippen LogP contribution in [0.2, 0.25) is 0 Å². The predicted molar refractivity (Wildman–Crippen MR) is 74.5 cm³/mol. The van der Waals surface area contributed by atoms with Gasteiger partial charge >= 0.3 is 0 Å². The molecule has 1 atom stereocenters. The first-order valence-electron chi connectivity index (χ1n) is 6.55. The highest BCUT2D eigenvalue weighted by Crippen LogP contribution is 2.42. The summed E-state index contributed by atoms with van der Waals surface area (Å²) in [6.45, 7) is 7.23. The number of nitrogens with two attached hydrogens (primary N) is 1. The fourth-order valence-corrected chi connectivity index (χ4v) is 2.80. The van der Waals surface area contributed by atoms with Gasteiger partial charge in [-0.25, -0.2) is 0 Å². The van der Waals surface area contributed by atoms with E-state index in [0.717, 1.165) is 28.0 Å². The van der Waals surface area contributed by atoms with Gasteiger partial charge < -0.3 is 20.3 Å². The maximum Gasteiger partial charge on any atom is 0.122 e. The summed E-state index contributed by atoms with van der Waals surface area (Å²) in [4.78, 5) is 0. The van der Waals surface area contributed by atoms with Gasteiger partial charge in [0.25, 0.3) is 0 Å². The largest absolute Gasteiger partial charge is 0.496 e. The number of aliphatic hydroxyl groups is 1. The third-order valence-corrected chi connectivity index (χ3v) is 4.39. The quantitative estimate of drug-likeness (QED) is 0.868. The predicted octanol–water partition coefficient (Wildman–Crippen LogP) is 1.63. The Bertz CT molecular complexity index is 475. The first-order valence-corrected chi connectivity index (χ1v) is 6.55. The molecule has 1 aliphatic heterocycles. The van der Waals surface area contributed by atoms with Gasteiger partial charge in [0.05, 0.1) is 32.3 Å². The Kier molecular flexibility index (Phi) is 3.85. The molecule has 0 aromatic heterocycles. The molecule has 1 aromatic carbocycles. The molecule has 106 valence electrons. The minimum Gasteiger partial charge on any atom is -0.496 e. The molecule has 2 rings (SSSR count). The Morgan fingerprint density at radius 1 is 1.37 bits per heavy atom. The smallest absolute Gasteiger partial charge is 0.122 e. The van der Waals surface area contributed by atoms with Crippen LogP contribution in [0.15, 0.2) is 6.07 Å². The van der Waals surface area contributed by atoms with Gasteiger partial charge in [0, 0.05) is 6.04 Å². The molecule has 0 bridgehead atoms. The van der Waals surface area contributed by atoms with E-state index in [4.69, 9.17) is 15.2 Å². The molecule has 0 spiro atoms. The van der Waals surface area contributed by atoms with Gasteiger partial charge in [0.15, 0.2) is 0 Å². The van der Waals surface area contributed by atoms with Crippen molar-refractivity contribution < 1.29 is 14.6 Å². The Hall–Kier alpha value is -1.10. The van der Waals surface area contributed by atoms with E-state index in [1.54, 1.807) is 7.11 Å². The molecule has 4 nitrogen and oxygen atoms in total. The Labute approximate surface area is 114 Å². The lowest BCUT2D eigenvalue weighted by Crippen LogP contribution is -2.53. The number of hydrogen-bond acceptors (Lipinski definition) is 4. The first kappa shape index (κ1) is 14.3. The molecule has 4 heteroatoms. The summed E-state index contributed by atoms with van der Waals surface area (Å²) >= 11 is 0. The number of hydrogen-bond donors (Lipinski definition) is 2. The van der Waals surface area contributed by atoms with E-state index in [-0.39, 0.29) is 18.1 Å². The maximum absolute atomic E-state index is 9.64. The van der Waals surface area contributed by atoms with Crippen molar-refractivity contribution in [3.8, 4) is 5.75 Å². The van der Waals surface area contributed by atoms with Crippen LogP contribution < -0.4 is 10.5 Å². The fraction of sp³-hybridized carbons (Fsp3) is 0.600. The highest BCUT2D eigenvalue weighted by atomic mass is 16.5. The summed E-state index contributed by atoms with van der Waals surface area (Å²) in [6.07, 6.45) is 0. The number of benzene rings is 1. The van der Waals surface area contributed by atoms with E-state index < -0.39 is 0 Å². The van der Waals surface area contributed by atoms with Crippen LogP contribution >= 0.6 is 0 Å². The van der Waals surface area contributed by atoms with Crippen LogP contribution in [0.5, 0.6) is 5.75 Å². The SMILES string of the molecule is COc1cc(C)c(C(N)C2(CO)COC2)c(C)c1C. The monoisotopic (exact) mass is 265 g/mol. The summed E-state index contributed by atoms with van der Waals surface area (Å²) in [7, 11) is 1.68. The molecule has 0 aliphatic carbocycles. The molecule has 3 N–H and O–H groups in total. The zero-order valence-corrected chi connectivity index (χ0v) is 12.1. The number of aliphatic hydroxyl groups excluding tert-OH is 1. The average molecular weight is 265 g/mol. The minimum atomic E-state index is -0.337. The number of ether oxygens (including phenoxy) is 2. The first-order chi connectivity index (χ1) is 8.96. The lowest BCUT2D eigenvalue weighted by atomic mass is 9.73. The van der Waals surface area contributed by atoms with Crippen LogP contribution in [0.1, 0.15) is 28.3 Å². The molecule has 0 radical (unpaired) electrons.